The van der Waals surface area contributed by atoms with Gasteiger partial charge in [0.1, 0.15) is 11.5 Å². The largest absolute Gasteiger partial charge is 0.440 e. The summed E-state index contributed by atoms with van der Waals surface area (Å²) in [5, 5.41) is 0. The number of alkyl halides is 3. The first-order valence-electron chi connectivity index (χ1n) is 6.43. The lowest BCUT2D eigenvalue weighted by Gasteiger charge is -2.06. The summed E-state index contributed by atoms with van der Waals surface area (Å²) in [6, 6.07) is 4.68. The molecule has 1 aromatic heterocycles. The van der Waals surface area contributed by atoms with Gasteiger partial charge >= 0.3 is 6.18 Å². The van der Waals surface area contributed by atoms with E-state index in [1.165, 1.54) is 12.1 Å². The Hall–Kier alpha value is -2.11. The number of carbonyl (C=O) groups excluding carboxylic acids is 1. The lowest BCUT2D eigenvalue weighted by atomic mass is 10.1. The van der Waals surface area contributed by atoms with Crippen molar-refractivity contribution in [3.63, 3.8) is 0 Å². The van der Waals surface area contributed by atoms with Crippen LogP contribution in [0, 0.1) is 5.92 Å². The van der Waals surface area contributed by atoms with Gasteiger partial charge in [-0.2, -0.15) is 13.2 Å². The van der Waals surface area contributed by atoms with Crippen LogP contribution in [0.5, 0.6) is 0 Å². The van der Waals surface area contributed by atoms with Crippen LogP contribution in [0.4, 0.5) is 13.2 Å². The Bertz CT molecular complexity index is 645. The predicted molar refractivity (Wildman–Crippen MR) is 70.9 cm³/mol. The summed E-state index contributed by atoms with van der Waals surface area (Å²) >= 11 is 0. The van der Waals surface area contributed by atoms with Crippen LogP contribution < -0.4 is 0 Å². The van der Waals surface area contributed by atoms with E-state index in [0.717, 1.165) is 12.1 Å². The zero-order valence-corrected chi connectivity index (χ0v) is 11.6. The molecule has 21 heavy (non-hydrogen) atoms. The van der Waals surface area contributed by atoms with Crippen molar-refractivity contribution in [3.05, 3.63) is 41.3 Å². The predicted octanol–water partition coefficient (Wildman–Crippen LogP) is 4.37. The standard InChI is InChI=1S/C15H14F3NO2/c1-9(2)6-13-12(8-20)19-14(21-13)10-4-3-5-11(7-10)15(16,17)18/h3-5,7-9H,6H2,1-2H3. The molecule has 1 aromatic carbocycles. The van der Waals surface area contributed by atoms with Crippen LogP contribution in [-0.2, 0) is 12.6 Å². The molecule has 0 aliphatic heterocycles. The molecule has 0 atom stereocenters. The van der Waals surface area contributed by atoms with Crippen LogP contribution in [0.3, 0.4) is 0 Å². The van der Waals surface area contributed by atoms with Gasteiger partial charge in [-0.05, 0) is 24.1 Å². The van der Waals surface area contributed by atoms with E-state index >= 15 is 0 Å². The molecule has 0 fully saturated rings. The molecular formula is C15H14F3NO2. The van der Waals surface area contributed by atoms with Gasteiger partial charge in [-0.15, -0.1) is 0 Å². The van der Waals surface area contributed by atoms with Crippen LogP contribution in [0.15, 0.2) is 28.7 Å². The van der Waals surface area contributed by atoms with Gasteiger partial charge in [0.25, 0.3) is 0 Å². The number of aldehydes is 1. The van der Waals surface area contributed by atoms with E-state index in [-0.39, 0.29) is 23.1 Å². The quantitative estimate of drug-likeness (QED) is 0.787. The van der Waals surface area contributed by atoms with E-state index < -0.39 is 11.7 Å². The second-order valence-corrected chi connectivity index (χ2v) is 5.12. The van der Waals surface area contributed by atoms with Crippen molar-refractivity contribution in [2.45, 2.75) is 26.4 Å². The molecule has 0 radical (unpaired) electrons. The minimum absolute atomic E-state index is 0.0267. The number of hydrogen-bond acceptors (Lipinski definition) is 3. The molecule has 0 saturated heterocycles. The molecule has 2 rings (SSSR count). The van der Waals surface area contributed by atoms with E-state index in [9.17, 15) is 18.0 Å². The second kappa shape index (κ2) is 5.71. The minimum atomic E-state index is -4.43. The zero-order valence-electron chi connectivity index (χ0n) is 11.6. The highest BCUT2D eigenvalue weighted by Gasteiger charge is 2.31. The molecular weight excluding hydrogens is 283 g/mol. The SMILES string of the molecule is CC(C)Cc1oc(-c2cccc(C(F)(F)F)c2)nc1C=O. The zero-order chi connectivity index (χ0) is 15.6. The Balaban J connectivity index is 2.43. The fraction of sp³-hybridized carbons (Fsp3) is 0.333. The van der Waals surface area contributed by atoms with E-state index in [1.54, 1.807) is 0 Å². The molecule has 112 valence electrons. The summed E-state index contributed by atoms with van der Waals surface area (Å²) < 4.78 is 43.6. The summed E-state index contributed by atoms with van der Waals surface area (Å²) in [5.74, 6) is 0.664. The summed E-state index contributed by atoms with van der Waals surface area (Å²) in [4.78, 5) is 15.0. The van der Waals surface area contributed by atoms with Crippen molar-refractivity contribution in [3.8, 4) is 11.5 Å². The molecule has 3 nitrogen and oxygen atoms in total. The van der Waals surface area contributed by atoms with Crippen molar-refractivity contribution < 1.29 is 22.4 Å². The topological polar surface area (TPSA) is 43.1 Å². The maximum atomic E-state index is 12.7. The third-order valence-corrected chi connectivity index (χ3v) is 2.87. The summed E-state index contributed by atoms with van der Waals surface area (Å²) in [6.07, 6.45) is -3.38. The molecule has 0 bridgehead atoms. The molecule has 0 spiro atoms. The first kappa shape index (κ1) is 15.3. The maximum absolute atomic E-state index is 12.7. The van der Waals surface area contributed by atoms with Gasteiger partial charge < -0.3 is 4.42 Å². The van der Waals surface area contributed by atoms with Gasteiger partial charge in [-0.3, -0.25) is 4.79 Å². The van der Waals surface area contributed by atoms with Crippen molar-refractivity contribution in [1.82, 2.24) is 4.98 Å². The average Bonchev–Trinajstić information content (AvgIpc) is 2.80. The van der Waals surface area contributed by atoms with Crippen LogP contribution in [-0.4, -0.2) is 11.3 Å². The highest BCUT2D eigenvalue weighted by atomic mass is 19.4. The van der Waals surface area contributed by atoms with Crippen molar-refractivity contribution in [2.24, 2.45) is 5.92 Å². The molecule has 6 heteroatoms. The smallest absolute Gasteiger partial charge is 0.416 e. The Labute approximate surface area is 119 Å². The van der Waals surface area contributed by atoms with Gasteiger partial charge in [0.2, 0.25) is 5.89 Å². The van der Waals surface area contributed by atoms with Crippen molar-refractivity contribution in [2.75, 3.05) is 0 Å². The first-order chi connectivity index (χ1) is 9.81. The number of benzene rings is 1. The van der Waals surface area contributed by atoms with Crippen LogP contribution in [0.1, 0.15) is 35.7 Å². The van der Waals surface area contributed by atoms with Crippen molar-refractivity contribution >= 4 is 6.29 Å². The van der Waals surface area contributed by atoms with E-state index in [1.807, 2.05) is 13.8 Å². The van der Waals surface area contributed by atoms with Gasteiger partial charge in [0.15, 0.2) is 6.29 Å². The number of hydrogen-bond donors (Lipinski definition) is 0. The van der Waals surface area contributed by atoms with Gasteiger partial charge in [-0.25, -0.2) is 4.98 Å². The number of oxazole rings is 1. The minimum Gasteiger partial charge on any atom is -0.440 e. The molecule has 2 aromatic rings. The Morgan fingerprint density at radius 1 is 1.33 bits per heavy atom. The monoisotopic (exact) mass is 297 g/mol. The fourth-order valence-corrected chi connectivity index (χ4v) is 1.92. The number of carbonyl (C=O) groups is 1. The van der Waals surface area contributed by atoms with Gasteiger partial charge in [0.05, 0.1) is 5.56 Å². The molecule has 1 heterocycles. The van der Waals surface area contributed by atoms with Gasteiger partial charge in [-0.1, -0.05) is 19.9 Å². The van der Waals surface area contributed by atoms with E-state index in [4.69, 9.17) is 4.42 Å². The molecule has 0 amide bonds. The third-order valence-electron chi connectivity index (χ3n) is 2.87. The number of nitrogens with zero attached hydrogens (tertiary/aromatic N) is 1. The highest BCUT2D eigenvalue weighted by Crippen LogP contribution is 2.32. The number of halogens is 3. The summed E-state index contributed by atoms with van der Waals surface area (Å²) in [6.45, 7) is 3.89. The number of aromatic nitrogens is 1. The van der Waals surface area contributed by atoms with Crippen LogP contribution in [0.25, 0.3) is 11.5 Å². The average molecular weight is 297 g/mol. The lowest BCUT2D eigenvalue weighted by Crippen LogP contribution is -2.04. The molecule has 0 saturated carbocycles. The van der Waals surface area contributed by atoms with Gasteiger partial charge in [0, 0.05) is 12.0 Å². The second-order valence-electron chi connectivity index (χ2n) is 5.12. The third kappa shape index (κ3) is 3.51. The molecule has 0 unspecified atom stereocenters. The molecule has 0 N–H and O–H groups in total. The van der Waals surface area contributed by atoms with Crippen LogP contribution in [0.2, 0.25) is 0 Å². The number of rotatable bonds is 4. The van der Waals surface area contributed by atoms with Crippen molar-refractivity contribution in [1.29, 1.82) is 0 Å². The lowest BCUT2D eigenvalue weighted by molar-refractivity contribution is -0.137. The van der Waals surface area contributed by atoms with Crippen LogP contribution >= 0.6 is 0 Å². The molecule has 0 aliphatic rings. The summed E-state index contributed by atoms with van der Waals surface area (Å²) in [7, 11) is 0. The summed E-state index contributed by atoms with van der Waals surface area (Å²) in [5.41, 5.74) is -0.449. The fourth-order valence-electron chi connectivity index (χ4n) is 1.92. The Kier molecular flexibility index (Phi) is 4.16. The van der Waals surface area contributed by atoms with E-state index in [0.29, 0.717) is 18.5 Å². The maximum Gasteiger partial charge on any atom is 0.416 e. The highest BCUT2D eigenvalue weighted by molar-refractivity contribution is 5.74. The van der Waals surface area contributed by atoms with E-state index in [2.05, 4.69) is 4.98 Å². The molecule has 0 aliphatic carbocycles. The first-order valence-corrected chi connectivity index (χ1v) is 6.43. The normalized spacial score (nSPS) is 11.9. The Morgan fingerprint density at radius 3 is 2.62 bits per heavy atom. The Morgan fingerprint density at radius 2 is 2.05 bits per heavy atom.